The lowest BCUT2D eigenvalue weighted by molar-refractivity contribution is -0.146. The van der Waals surface area contributed by atoms with E-state index in [4.69, 9.17) is 10.2 Å². The summed E-state index contributed by atoms with van der Waals surface area (Å²) in [6.45, 7) is 5.49. The van der Waals surface area contributed by atoms with Crippen LogP contribution >= 0.6 is 11.8 Å². The van der Waals surface area contributed by atoms with E-state index in [1.807, 2.05) is 13.8 Å². The molecule has 0 aromatic carbocycles. The minimum Gasteiger partial charge on any atom is -0.468 e. The van der Waals surface area contributed by atoms with Crippen molar-refractivity contribution in [2.24, 2.45) is 5.73 Å². The Morgan fingerprint density at radius 1 is 1.76 bits per heavy atom. The Balaban J connectivity index is 2.54. The number of rotatable bonds is 5. The van der Waals surface area contributed by atoms with Crippen LogP contribution in [0, 0.1) is 6.92 Å². The van der Waals surface area contributed by atoms with Crippen LogP contribution in [0.25, 0.3) is 0 Å². The first-order valence-electron chi connectivity index (χ1n) is 5.31. The number of oxazole rings is 1. The molecule has 0 bridgehead atoms. The van der Waals surface area contributed by atoms with Crippen LogP contribution in [0.15, 0.2) is 15.9 Å². The van der Waals surface area contributed by atoms with E-state index in [0.717, 1.165) is 5.69 Å². The SMILES string of the molecule is COC(=O)C(C)(N)CC(C)Sc1nc(C)co1. The molecule has 0 aliphatic rings. The Morgan fingerprint density at radius 2 is 2.41 bits per heavy atom. The number of carbonyl (C=O) groups excluding carboxylic acids is 1. The zero-order valence-corrected chi connectivity index (χ0v) is 11.3. The number of aryl methyl sites for hydroxylation is 1. The molecule has 0 aliphatic heterocycles. The summed E-state index contributed by atoms with van der Waals surface area (Å²) in [5.74, 6) is -0.409. The molecule has 96 valence electrons. The summed E-state index contributed by atoms with van der Waals surface area (Å²) in [5, 5.41) is 0.706. The molecule has 1 aromatic rings. The van der Waals surface area contributed by atoms with Crippen molar-refractivity contribution in [3.05, 3.63) is 12.0 Å². The lowest BCUT2D eigenvalue weighted by atomic mass is 9.98. The number of ether oxygens (including phenoxy) is 1. The van der Waals surface area contributed by atoms with E-state index in [1.54, 1.807) is 13.2 Å². The standard InChI is InChI=1S/C11H18N2O3S/c1-7-6-16-10(13-7)17-8(2)5-11(3,12)9(14)15-4/h6,8H,5,12H2,1-4H3. The minimum absolute atomic E-state index is 0.113. The van der Waals surface area contributed by atoms with E-state index in [2.05, 4.69) is 9.72 Å². The van der Waals surface area contributed by atoms with E-state index < -0.39 is 11.5 Å². The zero-order valence-electron chi connectivity index (χ0n) is 10.5. The summed E-state index contributed by atoms with van der Waals surface area (Å²) < 4.78 is 9.89. The summed E-state index contributed by atoms with van der Waals surface area (Å²) in [6.07, 6.45) is 2.09. The van der Waals surface area contributed by atoms with Crippen molar-refractivity contribution in [1.29, 1.82) is 0 Å². The number of methoxy groups -OCH3 is 1. The second-order valence-electron chi connectivity index (χ2n) is 4.30. The fourth-order valence-corrected chi connectivity index (χ4v) is 2.59. The van der Waals surface area contributed by atoms with Crippen molar-refractivity contribution >= 4 is 17.7 Å². The van der Waals surface area contributed by atoms with E-state index >= 15 is 0 Å². The van der Waals surface area contributed by atoms with Gasteiger partial charge in [0, 0.05) is 5.25 Å². The number of thioether (sulfide) groups is 1. The molecule has 5 nitrogen and oxygen atoms in total. The molecule has 1 aromatic heterocycles. The fraction of sp³-hybridized carbons (Fsp3) is 0.636. The van der Waals surface area contributed by atoms with Gasteiger partial charge in [0.15, 0.2) is 0 Å². The van der Waals surface area contributed by atoms with Crippen molar-refractivity contribution in [2.75, 3.05) is 7.11 Å². The van der Waals surface area contributed by atoms with Crippen molar-refractivity contribution < 1.29 is 13.9 Å². The molecular formula is C11H18N2O3S. The summed E-state index contributed by atoms with van der Waals surface area (Å²) in [5.41, 5.74) is 5.74. The molecule has 17 heavy (non-hydrogen) atoms. The van der Waals surface area contributed by atoms with Crippen LogP contribution < -0.4 is 5.73 Å². The van der Waals surface area contributed by atoms with Crippen LogP contribution in [0.5, 0.6) is 0 Å². The van der Waals surface area contributed by atoms with Gasteiger partial charge in [0.25, 0.3) is 5.22 Å². The second kappa shape index (κ2) is 5.55. The van der Waals surface area contributed by atoms with Gasteiger partial charge in [0.1, 0.15) is 11.8 Å². The fourth-order valence-electron chi connectivity index (χ4n) is 1.51. The van der Waals surface area contributed by atoms with Gasteiger partial charge < -0.3 is 14.9 Å². The van der Waals surface area contributed by atoms with Gasteiger partial charge in [0.2, 0.25) is 0 Å². The number of aromatic nitrogens is 1. The number of hydrogen-bond donors (Lipinski definition) is 1. The first-order valence-corrected chi connectivity index (χ1v) is 6.19. The molecular weight excluding hydrogens is 240 g/mol. The molecule has 0 saturated heterocycles. The maximum atomic E-state index is 11.4. The van der Waals surface area contributed by atoms with Gasteiger partial charge in [-0.3, -0.25) is 4.79 Å². The van der Waals surface area contributed by atoms with E-state index in [-0.39, 0.29) is 5.25 Å². The molecule has 2 unspecified atom stereocenters. The zero-order chi connectivity index (χ0) is 13.1. The number of hydrogen-bond acceptors (Lipinski definition) is 6. The molecule has 6 heteroatoms. The Bertz CT molecular complexity index is 390. The molecule has 0 radical (unpaired) electrons. The van der Waals surface area contributed by atoms with Gasteiger partial charge in [-0.25, -0.2) is 4.98 Å². The van der Waals surface area contributed by atoms with E-state index in [1.165, 1.54) is 18.9 Å². The molecule has 2 atom stereocenters. The summed E-state index contributed by atoms with van der Waals surface area (Å²) >= 11 is 1.45. The van der Waals surface area contributed by atoms with Crippen LogP contribution in [0.4, 0.5) is 0 Å². The molecule has 0 saturated carbocycles. The Morgan fingerprint density at radius 3 is 2.88 bits per heavy atom. The lowest BCUT2D eigenvalue weighted by Crippen LogP contribution is -2.47. The highest BCUT2D eigenvalue weighted by atomic mass is 32.2. The average Bonchev–Trinajstić information content (AvgIpc) is 2.61. The lowest BCUT2D eigenvalue weighted by Gasteiger charge is -2.24. The molecule has 0 aliphatic carbocycles. The van der Waals surface area contributed by atoms with Crippen LogP contribution in [-0.4, -0.2) is 28.9 Å². The van der Waals surface area contributed by atoms with Crippen molar-refractivity contribution in [3.8, 4) is 0 Å². The van der Waals surface area contributed by atoms with E-state index in [9.17, 15) is 4.79 Å². The number of carbonyl (C=O) groups is 1. The third kappa shape index (κ3) is 4.05. The highest BCUT2D eigenvalue weighted by molar-refractivity contribution is 7.99. The number of nitrogens with zero attached hydrogens (tertiary/aromatic N) is 1. The average molecular weight is 258 g/mol. The van der Waals surface area contributed by atoms with Crippen molar-refractivity contribution in [3.63, 3.8) is 0 Å². The quantitative estimate of drug-likeness (QED) is 0.640. The normalized spacial score (nSPS) is 16.3. The Labute approximate surface area is 105 Å². The topological polar surface area (TPSA) is 78.4 Å². The van der Waals surface area contributed by atoms with Crippen LogP contribution in [0.2, 0.25) is 0 Å². The highest BCUT2D eigenvalue weighted by Gasteiger charge is 2.32. The summed E-state index contributed by atoms with van der Waals surface area (Å²) in [4.78, 5) is 15.6. The maximum absolute atomic E-state index is 11.4. The van der Waals surface area contributed by atoms with Gasteiger partial charge in [-0.1, -0.05) is 18.7 Å². The van der Waals surface area contributed by atoms with E-state index in [0.29, 0.717) is 11.6 Å². The van der Waals surface area contributed by atoms with Gasteiger partial charge in [-0.05, 0) is 20.3 Å². The Kier molecular flexibility index (Phi) is 4.59. The van der Waals surface area contributed by atoms with Crippen molar-refractivity contribution in [1.82, 2.24) is 4.98 Å². The number of nitrogens with two attached hydrogens (primary N) is 1. The van der Waals surface area contributed by atoms with Crippen LogP contribution in [-0.2, 0) is 9.53 Å². The van der Waals surface area contributed by atoms with Gasteiger partial charge in [-0.2, -0.15) is 0 Å². The third-order valence-corrected chi connectivity index (χ3v) is 3.22. The molecule has 0 spiro atoms. The van der Waals surface area contributed by atoms with Crippen LogP contribution in [0.3, 0.4) is 0 Å². The maximum Gasteiger partial charge on any atom is 0.325 e. The first kappa shape index (κ1) is 14.1. The predicted octanol–water partition coefficient (Wildman–Crippen LogP) is 1.74. The van der Waals surface area contributed by atoms with Gasteiger partial charge >= 0.3 is 5.97 Å². The minimum atomic E-state index is -0.983. The Hall–Kier alpha value is -1.01. The van der Waals surface area contributed by atoms with Crippen LogP contribution in [0.1, 0.15) is 26.0 Å². The molecule has 1 rings (SSSR count). The first-order chi connectivity index (χ1) is 7.85. The van der Waals surface area contributed by atoms with Gasteiger partial charge in [0.05, 0.1) is 12.8 Å². The monoisotopic (exact) mass is 258 g/mol. The number of esters is 1. The highest BCUT2D eigenvalue weighted by Crippen LogP contribution is 2.27. The summed E-state index contributed by atoms with van der Waals surface area (Å²) in [6, 6.07) is 0. The summed E-state index contributed by atoms with van der Waals surface area (Å²) in [7, 11) is 1.34. The largest absolute Gasteiger partial charge is 0.468 e. The predicted molar refractivity (Wildman–Crippen MR) is 65.8 cm³/mol. The van der Waals surface area contributed by atoms with Gasteiger partial charge in [-0.15, -0.1) is 0 Å². The smallest absolute Gasteiger partial charge is 0.325 e. The molecule has 0 amide bonds. The molecule has 0 fully saturated rings. The third-order valence-electron chi connectivity index (χ3n) is 2.26. The second-order valence-corrected chi connectivity index (χ2v) is 5.69. The molecule has 2 N–H and O–H groups in total. The molecule has 1 heterocycles. The van der Waals surface area contributed by atoms with Crippen molar-refractivity contribution in [2.45, 2.75) is 43.2 Å².